The Morgan fingerprint density at radius 2 is 2.18 bits per heavy atom. The molecule has 4 heteroatoms. The Morgan fingerprint density at radius 1 is 1.41 bits per heavy atom. The van der Waals surface area contributed by atoms with Gasteiger partial charge in [0.2, 0.25) is 5.91 Å². The fourth-order valence-electron chi connectivity index (χ4n) is 1.68. The number of amides is 1. The normalized spacial score (nSPS) is 15.3. The van der Waals surface area contributed by atoms with Crippen LogP contribution in [0.15, 0.2) is 24.3 Å². The minimum Gasteiger partial charge on any atom is -0.397 e. The van der Waals surface area contributed by atoms with Crippen LogP contribution in [0.5, 0.6) is 0 Å². The van der Waals surface area contributed by atoms with Crippen molar-refractivity contribution in [1.29, 1.82) is 0 Å². The van der Waals surface area contributed by atoms with Gasteiger partial charge in [0, 0.05) is 0 Å². The van der Waals surface area contributed by atoms with Gasteiger partial charge in [-0.3, -0.25) is 4.79 Å². The number of benzene rings is 1. The zero-order valence-corrected chi connectivity index (χ0v) is 9.82. The molecule has 0 unspecified atom stereocenters. The molecule has 0 aromatic heterocycles. The number of hydrogen-bond acceptors (Lipinski definition) is 3. The average Bonchev–Trinajstić information content (AvgIpc) is 2.25. The van der Waals surface area contributed by atoms with Gasteiger partial charge in [0.1, 0.15) is 0 Å². The molecule has 4 nitrogen and oxygen atoms in total. The summed E-state index contributed by atoms with van der Waals surface area (Å²) in [5, 5.41) is 2.78. The van der Waals surface area contributed by atoms with Crippen molar-refractivity contribution in [3.05, 3.63) is 24.3 Å². The molecule has 1 fully saturated rings. The van der Waals surface area contributed by atoms with Gasteiger partial charge in [-0.25, -0.2) is 0 Å². The van der Waals surface area contributed by atoms with E-state index in [1.807, 2.05) is 12.1 Å². The molecule has 92 valence electrons. The van der Waals surface area contributed by atoms with Crippen LogP contribution < -0.4 is 11.1 Å². The molecule has 0 atom stereocenters. The summed E-state index contributed by atoms with van der Waals surface area (Å²) in [7, 11) is 0. The van der Waals surface area contributed by atoms with Gasteiger partial charge in [-0.15, -0.1) is 0 Å². The Balaban J connectivity index is 1.71. The van der Waals surface area contributed by atoms with Crippen molar-refractivity contribution >= 4 is 17.3 Å². The van der Waals surface area contributed by atoms with Crippen molar-refractivity contribution in [1.82, 2.24) is 0 Å². The molecule has 0 aliphatic heterocycles. The van der Waals surface area contributed by atoms with E-state index in [1.54, 1.807) is 12.1 Å². The number of nitrogens with two attached hydrogens (primary N) is 1. The van der Waals surface area contributed by atoms with Crippen molar-refractivity contribution < 1.29 is 9.53 Å². The number of hydrogen-bond donors (Lipinski definition) is 2. The van der Waals surface area contributed by atoms with Crippen LogP contribution in [0.25, 0.3) is 0 Å². The summed E-state index contributed by atoms with van der Waals surface area (Å²) in [5.41, 5.74) is 6.98. The predicted octanol–water partition coefficient (Wildman–Crippen LogP) is 2.17. The zero-order chi connectivity index (χ0) is 12.1. The molecule has 0 saturated heterocycles. The van der Waals surface area contributed by atoms with Crippen LogP contribution in [-0.4, -0.2) is 18.6 Å². The number of rotatable bonds is 5. The highest BCUT2D eigenvalue weighted by molar-refractivity contribution is 5.93. The summed E-state index contributed by atoms with van der Waals surface area (Å²) < 4.78 is 5.52. The summed E-state index contributed by atoms with van der Waals surface area (Å²) in [6, 6.07) is 7.24. The van der Waals surface area contributed by atoms with Gasteiger partial charge in [-0.1, -0.05) is 12.1 Å². The van der Waals surface area contributed by atoms with Gasteiger partial charge in [0.25, 0.3) is 0 Å². The van der Waals surface area contributed by atoms with E-state index in [1.165, 1.54) is 6.42 Å². The fraction of sp³-hybridized carbons (Fsp3) is 0.462. The van der Waals surface area contributed by atoms with E-state index >= 15 is 0 Å². The number of nitrogens with one attached hydrogen (secondary N) is 1. The maximum atomic E-state index is 11.6. The van der Waals surface area contributed by atoms with E-state index < -0.39 is 0 Å². The van der Waals surface area contributed by atoms with Crippen molar-refractivity contribution in [3.8, 4) is 0 Å². The lowest BCUT2D eigenvalue weighted by atomic mass is 9.96. The first kappa shape index (κ1) is 11.9. The van der Waals surface area contributed by atoms with Crippen molar-refractivity contribution in [2.75, 3.05) is 17.7 Å². The van der Waals surface area contributed by atoms with Crippen LogP contribution in [0.1, 0.15) is 25.7 Å². The molecule has 17 heavy (non-hydrogen) atoms. The molecular formula is C13H18N2O2. The number of para-hydroxylation sites is 2. The zero-order valence-electron chi connectivity index (χ0n) is 9.82. The van der Waals surface area contributed by atoms with E-state index in [0.717, 1.165) is 12.8 Å². The first-order chi connectivity index (χ1) is 8.25. The molecule has 3 N–H and O–H groups in total. The molecule has 2 rings (SSSR count). The standard InChI is InChI=1S/C13H18N2O2/c14-11-6-1-2-7-12(11)15-13(16)8-9-17-10-4-3-5-10/h1-2,6-7,10H,3-5,8-9,14H2,(H,15,16). The van der Waals surface area contributed by atoms with Gasteiger partial charge >= 0.3 is 0 Å². The molecule has 1 saturated carbocycles. The highest BCUT2D eigenvalue weighted by atomic mass is 16.5. The maximum absolute atomic E-state index is 11.6. The molecule has 0 bridgehead atoms. The molecule has 0 radical (unpaired) electrons. The van der Waals surface area contributed by atoms with E-state index in [0.29, 0.717) is 30.5 Å². The van der Waals surface area contributed by atoms with Gasteiger partial charge < -0.3 is 15.8 Å². The first-order valence-corrected chi connectivity index (χ1v) is 6.01. The number of nitrogen functional groups attached to an aromatic ring is 1. The lowest BCUT2D eigenvalue weighted by Gasteiger charge is -2.25. The van der Waals surface area contributed by atoms with Crippen LogP contribution in [0.3, 0.4) is 0 Å². The van der Waals surface area contributed by atoms with E-state index in [-0.39, 0.29) is 5.91 Å². The molecule has 1 amide bonds. The van der Waals surface area contributed by atoms with Gasteiger partial charge in [0.05, 0.1) is 30.5 Å². The predicted molar refractivity (Wildman–Crippen MR) is 67.7 cm³/mol. The third kappa shape index (κ3) is 3.46. The third-order valence-corrected chi connectivity index (χ3v) is 2.97. The van der Waals surface area contributed by atoms with Crippen LogP contribution in [-0.2, 0) is 9.53 Å². The number of carbonyl (C=O) groups excluding carboxylic acids is 1. The topological polar surface area (TPSA) is 64.3 Å². The van der Waals surface area contributed by atoms with Crippen LogP contribution >= 0.6 is 0 Å². The largest absolute Gasteiger partial charge is 0.397 e. The third-order valence-electron chi connectivity index (χ3n) is 2.97. The fourth-order valence-corrected chi connectivity index (χ4v) is 1.68. The minimum atomic E-state index is -0.0535. The molecule has 1 aromatic rings. The number of anilines is 2. The molecule has 0 heterocycles. The highest BCUT2D eigenvalue weighted by Gasteiger charge is 2.17. The Bertz CT molecular complexity index is 389. The second kappa shape index (κ2) is 5.68. The SMILES string of the molecule is Nc1ccccc1NC(=O)CCOC1CCC1. The molecule has 0 spiro atoms. The maximum Gasteiger partial charge on any atom is 0.226 e. The highest BCUT2D eigenvalue weighted by Crippen LogP contribution is 2.22. The lowest BCUT2D eigenvalue weighted by Crippen LogP contribution is -2.24. The first-order valence-electron chi connectivity index (χ1n) is 6.01. The molecule has 1 aromatic carbocycles. The summed E-state index contributed by atoms with van der Waals surface area (Å²) in [4.78, 5) is 11.6. The summed E-state index contributed by atoms with van der Waals surface area (Å²) in [6.45, 7) is 0.489. The Hall–Kier alpha value is -1.55. The van der Waals surface area contributed by atoms with Gasteiger partial charge in [-0.2, -0.15) is 0 Å². The summed E-state index contributed by atoms with van der Waals surface area (Å²) in [5.74, 6) is -0.0535. The van der Waals surface area contributed by atoms with Gasteiger partial charge in [-0.05, 0) is 31.4 Å². The monoisotopic (exact) mass is 234 g/mol. The van der Waals surface area contributed by atoms with E-state index in [9.17, 15) is 4.79 Å². The van der Waals surface area contributed by atoms with Crippen molar-refractivity contribution in [3.63, 3.8) is 0 Å². The van der Waals surface area contributed by atoms with Gasteiger partial charge in [0.15, 0.2) is 0 Å². The average molecular weight is 234 g/mol. The summed E-state index contributed by atoms with van der Waals surface area (Å²) >= 11 is 0. The van der Waals surface area contributed by atoms with Crippen molar-refractivity contribution in [2.45, 2.75) is 31.8 Å². The second-order valence-corrected chi connectivity index (χ2v) is 4.31. The summed E-state index contributed by atoms with van der Waals surface area (Å²) in [6.07, 6.45) is 4.27. The quantitative estimate of drug-likeness (QED) is 0.767. The Morgan fingerprint density at radius 3 is 2.82 bits per heavy atom. The Kier molecular flexibility index (Phi) is 3.98. The molecule has 1 aliphatic rings. The smallest absolute Gasteiger partial charge is 0.226 e. The molecular weight excluding hydrogens is 216 g/mol. The van der Waals surface area contributed by atoms with Crippen LogP contribution in [0.2, 0.25) is 0 Å². The molecule has 1 aliphatic carbocycles. The van der Waals surface area contributed by atoms with E-state index in [2.05, 4.69) is 5.32 Å². The lowest BCUT2D eigenvalue weighted by molar-refractivity contribution is -0.118. The number of ether oxygens (including phenoxy) is 1. The number of carbonyl (C=O) groups is 1. The van der Waals surface area contributed by atoms with Crippen molar-refractivity contribution in [2.24, 2.45) is 0 Å². The minimum absolute atomic E-state index is 0.0535. The second-order valence-electron chi connectivity index (χ2n) is 4.31. The van der Waals surface area contributed by atoms with Crippen LogP contribution in [0.4, 0.5) is 11.4 Å². The van der Waals surface area contributed by atoms with E-state index in [4.69, 9.17) is 10.5 Å². The Labute approximate surface area is 101 Å². The van der Waals surface area contributed by atoms with Crippen LogP contribution in [0, 0.1) is 0 Å².